The number of nitrogens with one attached hydrogen (secondary N) is 1. The molecule has 2 rings (SSSR count). The van der Waals surface area contributed by atoms with Gasteiger partial charge in [-0.05, 0) is 50.3 Å². The van der Waals surface area contributed by atoms with Crippen LogP contribution in [-0.2, 0) is 0 Å². The summed E-state index contributed by atoms with van der Waals surface area (Å²) in [5.41, 5.74) is 15.2. The highest BCUT2D eigenvalue weighted by atomic mass is 19.1. The fourth-order valence-corrected chi connectivity index (χ4v) is 3.26. The number of carbonyl (C=O) groups excluding carboxylic acids is 1. The fraction of sp³-hybridized carbons (Fsp3) is 0.450. The predicted octanol–water partition coefficient (Wildman–Crippen LogP) is 4.33. The van der Waals surface area contributed by atoms with Crippen LogP contribution >= 0.6 is 0 Å². The number of aromatic amines is 1. The van der Waals surface area contributed by atoms with Crippen molar-refractivity contribution < 1.29 is 9.18 Å². The van der Waals surface area contributed by atoms with Crippen molar-refractivity contribution in [1.29, 1.82) is 0 Å². The van der Waals surface area contributed by atoms with Crippen molar-refractivity contribution in [2.75, 3.05) is 0 Å². The number of unbranched alkanes of at least 4 members (excludes halogenated alkanes) is 1. The van der Waals surface area contributed by atoms with Crippen LogP contribution in [0.3, 0.4) is 0 Å². The van der Waals surface area contributed by atoms with E-state index in [1.165, 1.54) is 6.07 Å². The SMILES string of the molecule is C=C(CC[C@@H](N)CCCC)c1c(F)cc(C(N)=O)c2[nH]c(C)c(C)c12. The molecule has 1 aromatic carbocycles. The zero-order valence-corrected chi connectivity index (χ0v) is 15.3. The summed E-state index contributed by atoms with van der Waals surface area (Å²) in [6, 6.07) is 1.30. The second-order valence-corrected chi connectivity index (χ2v) is 6.81. The Bertz CT molecular complexity index is 807. The van der Waals surface area contributed by atoms with Crippen molar-refractivity contribution in [3.63, 3.8) is 0 Å². The Balaban J connectivity index is 2.41. The second-order valence-electron chi connectivity index (χ2n) is 6.81. The lowest BCUT2D eigenvalue weighted by Gasteiger charge is -2.15. The summed E-state index contributed by atoms with van der Waals surface area (Å²) in [6.07, 6.45) is 4.55. The number of halogens is 1. The lowest BCUT2D eigenvalue weighted by molar-refractivity contribution is 0.100. The van der Waals surface area contributed by atoms with E-state index in [1.54, 1.807) is 0 Å². The normalized spacial score (nSPS) is 12.5. The minimum absolute atomic E-state index is 0.0919. The summed E-state index contributed by atoms with van der Waals surface area (Å²) < 4.78 is 14.8. The Hall–Kier alpha value is -2.14. The zero-order chi connectivity index (χ0) is 18.7. The molecule has 0 aliphatic rings. The standard InChI is InChI=1S/C20H28FN3O/c1-5-6-7-14(22)9-8-11(2)17-16(21)10-15(20(23)25)19-18(17)12(3)13(4)24-19/h10,14,24H,2,5-9,22H2,1,3-4H3,(H2,23,25)/t14-/m0/s1. The third-order valence-corrected chi connectivity index (χ3v) is 4.89. The molecule has 1 aromatic heterocycles. The number of fused-ring (bicyclic) bond motifs is 1. The van der Waals surface area contributed by atoms with Gasteiger partial charge in [0, 0.05) is 22.7 Å². The van der Waals surface area contributed by atoms with Gasteiger partial charge in [-0.2, -0.15) is 0 Å². The number of H-pyrrole nitrogens is 1. The minimum atomic E-state index is -0.649. The molecule has 5 N–H and O–H groups in total. The lowest BCUT2D eigenvalue weighted by Crippen LogP contribution is -2.19. The quantitative estimate of drug-likeness (QED) is 0.665. The molecule has 0 aliphatic carbocycles. The maximum Gasteiger partial charge on any atom is 0.250 e. The van der Waals surface area contributed by atoms with Crippen LogP contribution in [0.2, 0.25) is 0 Å². The van der Waals surface area contributed by atoms with Crippen LogP contribution < -0.4 is 11.5 Å². The first kappa shape index (κ1) is 19.2. The van der Waals surface area contributed by atoms with Crippen molar-refractivity contribution >= 4 is 22.4 Å². The van der Waals surface area contributed by atoms with Gasteiger partial charge in [-0.25, -0.2) is 4.39 Å². The van der Waals surface area contributed by atoms with Crippen LogP contribution in [0.15, 0.2) is 12.6 Å². The molecule has 0 radical (unpaired) electrons. The highest BCUT2D eigenvalue weighted by Gasteiger charge is 2.21. The highest BCUT2D eigenvalue weighted by molar-refractivity contribution is 6.09. The molecule has 0 saturated heterocycles. The second kappa shape index (κ2) is 7.83. The molecule has 136 valence electrons. The van der Waals surface area contributed by atoms with Gasteiger partial charge in [0.25, 0.3) is 5.91 Å². The molecule has 0 unspecified atom stereocenters. The van der Waals surface area contributed by atoms with Gasteiger partial charge >= 0.3 is 0 Å². The molecule has 1 heterocycles. The molecular formula is C20H28FN3O. The maximum atomic E-state index is 14.8. The van der Waals surface area contributed by atoms with Gasteiger partial charge in [-0.3, -0.25) is 4.79 Å². The van der Waals surface area contributed by atoms with Crippen LogP contribution in [0.4, 0.5) is 4.39 Å². The lowest BCUT2D eigenvalue weighted by atomic mass is 9.92. The van der Waals surface area contributed by atoms with Gasteiger partial charge < -0.3 is 16.5 Å². The average Bonchev–Trinajstić information content (AvgIpc) is 2.85. The number of aryl methyl sites for hydroxylation is 2. The number of amides is 1. The molecular weight excluding hydrogens is 317 g/mol. The molecule has 25 heavy (non-hydrogen) atoms. The summed E-state index contributed by atoms with van der Waals surface area (Å²) in [5, 5.41) is 0.693. The predicted molar refractivity (Wildman–Crippen MR) is 102 cm³/mol. The molecule has 0 saturated carbocycles. The summed E-state index contributed by atoms with van der Waals surface area (Å²) in [5.74, 6) is -1.11. The number of rotatable bonds is 8. The van der Waals surface area contributed by atoms with E-state index in [0.29, 0.717) is 28.5 Å². The van der Waals surface area contributed by atoms with Gasteiger partial charge in [0.2, 0.25) is 0 Å². The van der Waals surface area contributed by atoms with E-state index in [0.717, 1.165) is 36.9 Å². The molecule has 0 fully saturated rings. The number of nitrogens with two attached hydrogens (primary N) is 2. The van der Waals surface area contributed by atoms with E-state index in [4.69, 9.17) is 11.5 Å². The summed E-state index contributed by atoms with van der Waals surface area (Å²) in [6.45, 7) is 10.0. The van der Waals surface area contributed by atoms with E-state index in [1.807, 2.05) is 13.8 Å². The highest BCUT2D eigenvalue weighted by Crippen LogP contribution is 2.35. The van der Waals surface area contributed by atoms with E-state index >= 15 is 0 Å². The number of aromatic nitrogens is 1. The molecule has 1 atom stereocenters. The van der Waals surface area contributed by atoms with Crippen molar-refractivity contribution in [3.8, 4) is 0 Å². The van der Waals surface area contributed by atoms with Crippen molar-refractivity contribution in [3.05, 3.63) is 40.8 Å². The molecule has 5 heteroatoms. The first-order valence-corrected chi connectivity index (χ1v) is 8.82. The topological polar surface area (TPSA) is 84.9 Å². The Labute approximate surface area is 148 Å². The molecule has 0 bridgehead atoms. The van der Waals surface area contributed by atoms with Gasteiger partial charge in [-0.15, -0.1) is 0 Å². The fourth-order valence-electron chi connectivity index (χ4n) is 3.26. The van der Waals surface area contributed by atoms with Crippen LogP contribution in [0.5, 0.6) is 0 Å². The number of allylic oxidation sites excluding steroid dienone is 1. The Kier molecular flexibility index (Phi) is 6.01. The maximum absolute atomic E-state index is 14.8. The van der Waals surface area contributed by atoms with Crippen molar-refractivity contribution in [2.24, 2.45) is 11.5 Å². The number of benzene rings is 1. The van der Waals surface area contributed by atoms with Crippen LogP contribution in [-0.4, -0.2) is 16.9 Å². The van der Waals surface area contributed by atoms with Gasteiger partial charge in [0.15, 0.2) is 0 Å². The van der Waals surface area contributed by atoms with Crippen molar-refractivity contribution in [2.45, 2.75) is 58.9 Å². The summed E-state index contributed by atoms with van der Waals surface area (Å²) in [7, 11) is 0. The average molecular weight is 345 g/mol. The van der Waals surface area contributed by atoms with E-state index in [2.05, 4.69) is 18.5 Å². The molecule has 0 spiro atoms. The third kappa shape index (κ3) is 3.93. The van der Waals surface area contributed by atoms with Crippen LogP contribution in [0.1, 0.15) is 66.2 Å². The smallest absolute Gasteiger partial charge is 0.250 e. The van der Waals surface area contributed by atoms with Gasteiger partial charge in [-0.1, -0.05) is 26.3 Å². The largest absolute Gasteiger partial charge is 0.366 e. The summed E-state index contributed by atoms with van der Waals surface area (Å²) in [4.78, 5) is 14.8. The monoisotopic (exact) mass is 345 g/mol. The Morgan fingerprint density at radius 3 is 2.64 bits per heavy atom. The van der Waals surface area contributed by atoms with Crippen molar-refractivity contribution in [1.82, 2.24) is 4.98 Å². The molecule has 1 amide bonds. The molecule has 2 aromatic rings. The Morgan fingerprint density at radius 2 is 2.04 bits per heavy atom. The molecule has 4 nitrogen and oxygen atoms in total. The zero-order valence-electron chi connectivity index (χ0n) is 15.3. The van der Waals surface area contributed by atoms with Crippen LogP contribution in [0.25, 0.3) is 16.5 Å². The van der Waals surface area contributed by atoms with Crippen LogP contribution in [0, 0.1) is 19.7 Å². The van der Waals surface area contributed by atoms with E-state index in [-0.39, 0.29) is 11.6 Å². The van der Waals surface area contributed by atoms with Gasteiger partial charge in [0.05, 0.1) is 11.1 Å². The molecule has 0 aliphatic heterocycles. The first-order valence-electron chi connectivity index (χ1n) is 8.82. The first-order chi connectivity index (χ1) is 11.8. The summed E-state index contributed by atoms with van der Waals surface area (Å²) >= 11 is 0. The van der Waals surface area contributed by atoms with E-state index in [9.17, 15) is 9.18 Å². The number of primary amides is 1. The minimum Gasteiger partial charge on any atom is -0.366 e. The number of hydrogen-bond donors (Lipinski definition) is 3. The Morgan fingerprint density at radius 1 is 1.36 bits per heavy atom. The number of carbonyl (C=O) groups is 1. The third-order valence-electron chi connectivity index (χ3n) is 4.89. The van der Waals surface area contributed by atoms with Gasteiger partial charge in [0.1, 0.15) is 5.82 Å². The van der Waals surface area contributed by atoms with E-state index < -0.39 is 11.7 Å². The number of hydrogen-bond acceptors (Lipinski definition) is 2.